The first kappa shape index (κ1) is 8.74. The summed E-state index contributed by atoms with van der Waals surface area (Å²) in [4.78, 5) is 20.7. The van der Waals surface area contributed by atoms with Crippen molar-refractivity contribution in [2.45, 2.75) is 13.0 Å². The standard InChI is InChI=1S/C5H10N2O3/c1-3(4(6)8)7-5(9)10-2/h3H,1-2H3,(H2,6,8)(H,7,9)/t3-/m0/s1. The van der Waals surface area contributed by atoms with Gasteiger partial charge in [-0.15, -0.1) is 0 Å². The Balaban J connectivity index is 3.68. The summed E-state index contributed by atoms with van der Waals surface area (Å²) in [6.45, 7) is 1.47. The number of primary amides is 1. The van der Waals surface area contributed by atoms with E-state index in [1.165, 1.54) is 14.0 Å². The first-order chi connectivity index (χ1) is 4.57. The van der Waals surface area contributed by atoms with Crippen molar-refractivity contribution in [2.75, 3.05) is 7.11 Å². The van der Waals surface area contributed by atoms with E-state index in [0.29, 0.717) is 0 Å². The van der Waals surface area contributed by atoms with Crippen molar-refractivity contribution in [2.24, 2.45) is 5.73 Å². The van der Waals surface area contributed by atoms with E-state index in [-0.39, 0.29) is 0 Å². The molecule has 0 aliphatic rings. The van der Waals surface area contributed by atoms with Crippen LogP contribution >= 0.6 is 0 Å². The molecule has 0 saturated carbocycles. The number of hydrogen-bond donors (Lipinski definition) is 2. The molecule has 0 spiro atoms. The van der Waals surface area contributed by atoms with Crippen molar-refractivity contribution in [3.63, 3.8) is 0 Å². The molecule has 0 radical (unpaired) electrons. The maximum absolute atomic E-state index is 10.4. The van der Waals surface area contributed by atoms with Crippen molar-refractivity contribution in [1.29, 1.82) is 0 Å². The highest BCUT2D eigenvalue weighted by Crippen LogP contribution is 1.79. The van der Waals surface area contributed by atoms with Crippen molar-refractivity contribution in [1.82, 2.24) is 5.32 Å². The lowest BCUT2D eigenvalue weighted by Crippen LogP contribution is -2.42. The van der Waals surface area contributed by atoms with Gasteiger partial charge in [-0.05, 0) is 6.92 Å². The summed E-state index contributed by atoms with van der Waals surface area (Å²) >= 11 is 0. The Bertz CT molecular complexity index is 146. The van der Waals surface area contributed by atoms with Gasteiger partial charge in [0, 0.05) is 0 Å². The number of rotatable bonds is 2. The molecular weight excluding hydrogens is 136 g/mol. The summed E-state index contributed by atoms with van der Waals surface area (Å²) in [5.41, 5.74) is 4.83. The maximum Gasteiger partial charge on any atom is 0.407 e. The van der Waals surface area contributed by atoms with Crippen LogP contribution in [0.5, 0.6) is 0 Å². The Morgan fingerprint density at radius 1 is 1.60 bits per heavy atom. The van der Waals surface area contributed by atoms with Crippen LogP contribution in [-0.2, 0) is 9.53 Å². The molecule has 0 saturated heterocycles. The molecule has 0 heterocycles. The van der Waals surface area contributed by atoms with E-state index in [1.54, 1.807) is 0 Å². The molecular formula is C5H10N2O3. The van der Waals surface area contributed by atoms with Gasteiger partial charge in [0.25, 0.3) is 0 Å². The Hall–Kier alpha value is -1.26. The van der Waals surface area contributed by atoms with Gasteiger partial charge in [-0.3, -0.25) is 4.79 Å². The van der Waals surface area contributed by atoms with Gasteiger partial charge in [0.05, 0.1) is 7.11 Å². The molecule has 0 fully saturated rings. The van der Waals surface area contributed by atoms with E-state index in [9.17, 15) is 9.59 Å². The monoisotopic (exact) mass is 146 g/mol. The molecule has 1 atom stereocenters. The zero-order valence-electron chi connectivity index (χ0n) is 5.88. The number of nitrogens with two attached hydrogens (primary N) is 1. The lowest BCUT2D eigenvalue weighted by molar-refractivity contribution is -0.119. The highest BCUT2D eigenvalue weighted by Gasteiger charge is 2.10. The lowest BCUT2D eigenvalue weighted by atomic mass is 10.3. The predicted molar refractivity (Wildman–Crippen MR) is 34.2 cm³/mol. The molecule has 0 rings (SSSR count). The number of methoxy groups -OCH3 is 1. The maximum atomic E-state index is 10.4. The number of carbonyl (C=O) groups is 2. The number of ether oxygens (including phenoxy) is 1. The van der Waals surface area contributed by atoms with E-state index < -0.39 is 18.0 Å². The van der Waals surface area contributed by atoms with Crippen molar-refractivity contribution in [3.8, 4) is 0 Å². The van der Waals surface area contributed by atoms with Gasteiger partial charge in [0.2, 0.25) is 5.91 Å². The van der Waals surface area contributed by atoms with E-state index in [0.717, 1.165) is 0 Å². The minimum atomic E-state index is -0.688. The van der Waals surface area contributed by atoms with Gasteiger partial charge < -0.3 is 15.8 Å². The quantitative estimate of drug-likeness (QED) is 0.536. The third-order valence-corrected chi connectivity index (χ3v) is 0.947. The number of amides is 2. The fourth-order valence-electron chi connectivity index (χ4n) is 0.307. The van der Waals surface area contributed by atoms with Crippen LogP contribution in [0.4, 0.5) is 4.79 Å². The van der Waals surface area contributed by atoms with Gasteiger partial charge in [0.1, 0.15) is 6.04 Å². The highest BCUT2D eigenvalue weighted by atomic mass is 16.5. The molecule has 0 aromatic heterocycles. The molecule has 0 aliphatic carbocycles. The Morgan fingerprint density at radius 2 is 2.10 bits per heavy atom. The van der Waals surface area contributed by atoms with Crippen LogP contribution in [0.2, 0.25) is 0 Å². The third kappa shape index (κ3) is 2.91. The molecule has 5 nitrogen and oxygen atoms in total. The van der Waals surface area contributed by atoms with E-state index in [2.05, 4.69) is 10.1 Å². The Labute approximate surface area is 58.5 Å². The Morgan fingerprint density at radius 3 is 2.40 bits per heavy atom. The number of hydrogen-bond acceptors (Lipinski definition) is 3. The average molecular weight is 146 g/mol. The second-order valence-corrected chi connectivity index (χ2v) is 1.76. The SMILES string of the molecule is COC(=O)N[C@@H](C)C(N)=O. The first-order valence-corrected chi connectivity index (χ1v) is 2.71. The smallest absolute Gasteiger partial charge is 0.407 e. The zero-order chi connectivity index (χ0) is 8.15. The summed E-state index contributed by atoms with van der Waals surface area (Å²) < 4.78 is 4.21. The number of carbonyl (C=O) groups excluding carboxylic acids is 2. The summed E-state index contributed by atoms with van der Waals surface area (Å²) in [5, 5.41) is 2.19. The minimum Gasteiger partial charge on any atom is -0.453 e. The fourth-order valence-corrected chi connectivity index (χ4v) is 0.307. The molecule has 0 aliphatic heterocycles. The molecule has 0 unspecified atom stereocenters. The third-order valence-electron chi connectivity index (χ3n) is 0.947. The molecule has 0 bridgehead atoms. The lowest BCUT2D eigenvalue weighted by Gasteiger charge is -2.07. The minimum absolute atomic E-state index is 0.592. The van der Waals surface area contributed by atoms with E-state index in [4.69, 9.17) is 5.73 Å². The van der Waals surface area contributed by atoms with Crippen LogP contribution in [0.3, 0.4) is 0 Å². The Kier molecular flexibility index (Phi) is 3.24. The van der Waals surface area contributed by atoms with Crippen LogP contribution in [0.1, 0.15) is 6.92 Å². The van der Waals surface area contributed by atoms with E-state index in [1.807, 2.05) is 0 Å². The number of nitrogens with one attached hydrogen (secondary N) is 1. The van der Waals surface area contributed by atoms with Gasteiger partial charge in [0.15, 0.2) is 0 Å². The van der Waals surface area contributed by atoms with Crippen LogP contribution < -0.4 is 11.1 Å². The second kappa shape index (κ2) is 3.71. The first-order valence-electron chi connectivity index (χ1n) is 2.71. The molecule has 10 heavy (non-hydrogen) atoms. The summed E-state index contributed by atoms with van der Waals surface area (Å²) in [6, 6.07) is -0.688. The second-order valence-electron chi connectivity index (χ2n) is 1.76. The molecule has 0 aromatic rings. The van der Waals surface area contributed by atoms with Gasteiger partial charge in [-0.25, -0.2) is 4.79 Å². The van der Waals surface area contributed by atoms with Crippen molar-refractivity contribution >= 4 is 12.0 Å². The summed E-state index contributed by atoms with van der Waals surface area (Å²) in [5.74, 6) is -0.592. The average Bonchev–Trinajstić information content (AvgIpc) is 1.87. The fraction of sp³-hybridized carbons (Fsp3) is 0.600. The summed E-state index contributed by atoms with van der Waals surface area (Å²) in [7, 11) is 1.21. The predicted octanol–water partition coefficient (Wildman–Crippen LogP) is -0.784. The normalized spacial score (nSPS) is 11.8. The highest BCUT2D eigenvalue weighted by molar-refractivity contribution is 5.83. The van der Waals surface area contributed by atoms with Crippen LogP contribution in [0, 0.1) is 0 Å². The van der Waals surface area contributed by atoms with Crippen molar-refractivity contribution in [3.05, 3.63) is 0 Å². The molecule has 0 aromatic carbocycles. The van der Waals surface area contributed by atoms with Gasteiger partial charge in [-0.2, -0.15) is 0 Å². The van der Waals surface area contributed by atoms with E-state index >= 15 is 0 Å². The molecule has 5 heteroatoms. The summed E-state index contributed by atoms with van der Waals surface area (Å²) in [6.07, 6.45) is -0.661. The largest absolute Gasteiger partial charge is 0.453 e. The topological polar surface area (TPSA) is 81.4 Å². The van der Waals surface area contributed by atoms with Crippen LogP contribution in [0.25, 0.3) is 0 Å². The zero-order valence-corrected chi connectivity index (χ0v) is 5.88. The number of alkyl carbamates (subject to hydrolysis) is 1. The van der Waals surface area contributed by atoms with Crippen molar-refractivity contribution < 1.29 is 14.3 Å². The molecule has 2 amide bonds. The van der Waals surface area contributed by atoms with Gasteiger partial charge >= 0.3 is 6.09 Å². The van der Waals surface area contributed by atoms with Gasteiger partial charge in [-0.1, -0.05) is 0 Å². The molecule has 3 N–H and O–H groups in total. The molecule has 58 valence electrons. The van der Waals surface area contributed by atoms with Crippen LogP contribution in [0.15, 0.2) is 0 Å². The van der Waals surface area contributed by atoms with Crippen LogP contribution in [-0.4, -0.2) is 25.2 Å².